The molecule has 0 aliphatic carbocycles. The molecule has 0 bridgehead atoms. The van der Waals surface area contributed by atoms with Crippen LogP contribution < -0.4 is 10.6 Å². The van der Waals surface area contributed by atoms with E-state index in [0.29, 0.717) is 10.5 Å². The summed E-state index contributed by atoms with van der Waals surface area (Å²) in [6, 6.07) is 1.76. The summed E-state index contributed by atoms with van der Waals surface area (Å²) in [5, 5.41) is 0. The summed E-state index contributed by atoms with van der Waals surface area (Å²) in [5.74, 6) is -2.02. The van der Waals surface area contributed by atoms with Crippen molar-refractivity contribution in [3.05, 3.63) is 29.3 Å². The number of halogens is 5. The van der Waals surface area contributed by atoms with Gasteiger partial charge in [0.1, 0.15) is 23.9 Å². The molecule has 2 nitrogen and oxygen atoms in total. The lowest BCUT2D eigenvalue weighted by Gasteiger charge is -2.25. The smallest absolute Gasteiger partial charge is 0.358 e. The van der Waals surface area contributed by atoms with Crippen LogP contribution >= 0.6 is 0 Å². The minimum atomic E-state index is -4.53. The molecule has 0 fully saturated rings. The van der Waals surface area contributed by atoms with E-state index in [-0.39, 0.29) is 19.0 Å². The third-order valence-corrected chi connectivity index (χ3v) is 2.70. The van der Waals surface area contributed by atoms with Crippen molar-refractivity contribution in [2.24, 2.45) is 5.73 Å². The number of benzene rings is 1. The molecule has 7 heteroatoms. The molecule has 0 spiro atoms. The van der Waals surface area contributed by atoms with Crippen LogP contribution in [0.15, 0.2) is 12.1 Å². The third kappa shape index (κ3) is 4.63. The van der Waals surface area contributed by atoms with Crippen LogP contribution in [-0.4, -0.2) is 25.3 Å². The average Bonchev–Trinajstić information content (AvgIpc) is 2.23. The zero-order valence-corrected chi connectivity index (χ0v) is 11.3. The average molecular weight is 296 g/mol. The first kappa shape index (κ1) is 16.7. The Kier molecular flexibility index (Phi) is 5.33. The molecule has 1 atom stereocenters. The number of nitrogens with two attached hydrogens (primary N) is 1. The molecule has 0 aromatic heterocycles. The lowest BCUT2D eigenvalue weighted by molar-refractivity contribution is -0.119. The summed E-state index contributed by atoms with van der Waals surface area (Å²) >= 11 is 0. The van der Waals surface area contributed by atoms with E-state index in [1.54, 1.807) is 6.92 Å². The Morgan fingerprint density at radius 2 is 1.70 bits per heavy atom. The van der Waals surface area contributed by atoms with E-state index in [0.717, 1.165) is 12.1 Å². The molecular formula is C13H17F5N2. The molecule has 0 saturated carbocycles. The summed E-state index contributed by atoms with van der Waals surface area (Å²) in [6.45, 7) is 1.52. The van der Waals surface area contributed by atoms with Crippen molar-refractivity contribution in [3.8, 4) is 0 Å². The number of anilines is 1. The predicted octanol–water partition coefficient (Wildman–Crippen LogP) is 3.24. The van der Waals surface area contributed by atoms with Crippen LogP contribution in [0.1, 0.15) is 19.4 Å². The number of rotatable bonds is 5. The maximum Gasteiger partial charge on any atom is 0.405 e. The van der Waals surface area contributed by atoms with Gasteiger partial charge in [-0.2, -0.15) is 13.2 Å². The van der Waals surface area contributed by atoms with Crippen LogP contribution in [0.3, 0.4) is 0 Å². The summed E-state index contributed by atoms with van der Waals surface area (Å²) in [4.78, 5) is 0.625. The van der Waals surface area contributed by atoms with Gasteiger partial charge in [-0.3, -0.25) is 0 Å². The molecule has 1 aromatic rings. The number of alkyl halides is 3. The van der Waals surface area contributed by atoms with Gasteiger partial charge in [0, 0.05) is 12.6 Å². The molecule has 0 amide bonds. The second-order valence-corrected chi connectivity index (χ2v) is 4.72. The first-order valence-electron chi connectivity index (χ1n) is 6.19. The van der Waals surface area contributed by atoms with Crippen LogP contribution in [0, 0.1) is 11.6 Å². The first-order chi connectivity index (χ1) is 9.14. The molecule has 114 valence electrons. The summed E-state index contributed by atoms with van der Waals surface area (Å²) in [5.41, 5.74) is 5.19. The summed E-state index contributed by atoms with van der Waals surface area (Å²) < 4.78 is 64.9. The SMILES string of the molecule is CCN(CC(F)(F)F)c1c(F)cc(CC(C)N)cc1F. The molecule has 0 saturated heterocycles. The van der Waals surface area contributed by atoms with Crippen LogP contribution in [0.5, 0.6) is 0 Å². The van der Waals surface area contributed by atoms with E-state index in [1.165, 1.54) is 6.92 Å². The first-order valence-corrected chi connectivity index (χ1v) is 6.19. The zero-order chi connectivity index (χ0) is 15.5. The number of nitrogens with zero attached hydrogens (tertiary/aromatic N) is 1. The zero-order valence-electron chi connectivity index (χ0n) is 11.3. The van der Waals surface area contributed by atoms with Gasteiger partial charge in [0.15, 0.2) is 0 Å². The van der Waals surface area contributed by atoms with E-state index in [2.05, 4.69) is 0 Å². The fourth-order valence-electron chi connectivity index (χ4n) is 1.98. The van der Waals surface area contributed by atoms with Crippen molar-refractivity contribution in [3.63, 3.8) is 0 Å². The van der Waals surface area contributed by atoms with Gasteiger partial charge >= 0.3 is 6.18 Å². The fourth-order valence-corrected chi connectivity index (χ4v) is 1.98. The summed E-state index contributed by atoms with van der Waals surface area (Å²) in [7, 11) is 0. The predicted molar refractivity (Wildman–Crippen MR) is 67.7 cm³/mol. The normalized spacial score (nSPS) is 13.4. The van der Waals surface area contributed by atoms with Gasteiger partial charge in [-0.1, -0.05) is 0 Å². The number of hydrogen-bond acceptors (Lipinski definition) is 2. The quantitative estimate of drug-likeness (QED) is 0.845. The van der Waals surface area contributed by atoms with Gasteiger partial charge in [0.25, 0.3) is 0 Å². The Balaban J connectivity index is 3.11. The lowest BCUT2D eigenvalue weighted by Crippen LogP contribution is -2.35. The van der Waals surface area contributed by atoms with Gasteiger partial charge in [-0.05, 0) is 38.0 Å². The second kappa shape index (κ2) is 6.39. The molecule has 0 heterocycles. The van der Waals surface area contributed by atoms with Gasteiger partial charge in [0.05, 0.1) is 0 Å². The molecule has 0 aliphatic rings. The summed E-state index contributed by atoms with van der Waals surface area (Å²) in [6.07, 6.45) is -4.28. The number of hydrogen-bond donors (Lipinski definition) is 1. The van der Waals surface area contributed by atoms with E-state index in [9.17, 15) is 22.0 Å². The standard InChI is InChI=1S/C13H17F5N2/c1-3-20(7-13(16,17)18)12-10(14)5-9(4-8(2)19)6-11(12)15/h5-6,8H,3-4,7,19H2,1-2H3. The van der Waals surface area contributed by atoms with Crippen molar-refractivity contribution in [2.75, 3.05) is 18.0 Å². The van der Waals surface area contributed by atoms with Crippen molar-refractivity contribution < 1.29 is 22.0 Å². The molecule has 20 heavy (non-hydrogen) atoms. The largest absolute Gasteiger partial charge is 0.405 e. The Bertz CT molecular complexity index is 434. The van der Waals surface area contributed by atoms with Crippen LogP contribution in [0.4, 0.5) is 27.6 Å². The molecule has 1 aromatic carbocycles. The van der Waals surface area contributed by atoms with Crippen molar-refractivity contribution in [1.82, 2.24) is 0 Å². The highest BCUT2D eigenvalue weighted by Gasteiger charge is 2.32. The highest BCUT2D eigenvalue weighted by Crippen LogP contribution is 2.28. The van der Waals surface area contributed by atoms with E-state index >= 15 is 0 Å². The van der Waals surface area contributed by atoms with Gasteiger partial charge in [0.2, 0.25) is 0 Å². The van der Waals surface area contributed by atoms with Gasteiger partial charge in [-0.15, -0.1) is 0 Å². The van der Waals surface area contributed by atoms with E-state index < -0.39 is 30.0 Å². The topological polar surface area (TPSA) is 29.3 Å². The molecule has 2 N–H and O–H groups in total. The van der Waals surface area contributed by atoms with Gasteiger partial charge in [-0.25, -0.2) is 8.78 Å². The third-order valence-electron chi connectivity index (χ3n) is 2.70. The Hall–Kier alpha value is -1.37. The maximum absolute atomic E-state index is 13.9. The van der Waals surface area contributed by atoms with E-state index in [4.69, 9.17) is 5.73 Å². The molecule has 1 rings (SSSR count). The van der Waals surface area contributed by atoms with Crippen LogP contribution in [0.25, 0.3) is 0 Å². The highest BCUT2D eigenvalue weighted by molar-refractivity contribution is 5.51. The van der Waals surface area contributed by atoms with Crippen molar-refractivity contribution in [2.45, 2.75) is 32.5 Å². The second-order valence-electron chi connectivity index (χ2n) is 4.72. The maximum atomic E-state index is 13.9. The Morgan fingerprint density at radius 3 is 2.05 bits per heavy atom. The lowest BCUT2D eigenvalue weighted by atomic mass is 10.1. The van der Waals surface area contributed by atoms with Gasteiger partial charge < -0.3 is 10.6 Å². The minimum absolute atomic E-state index is 0.153. The monoisotopic (exact) mass is 296 g/mol. The Morgan fingerprint density at radius 1 is 1.20 bits per heavy atom. The molecular weight excluding hydrogens is 279 g/mol. The van der Waals surface area contributed by atoms with Crippen LogP contribution in [-0.2, 0) is 6.42 Å². The Labute approximate surface area is 114 Å². The highest BCUT2D eigenvalue weighted by atomic mass is 19.4. The fraction of sp³-hybridized carbons (Fsp3) is 0.538. The van der Waals surface area contributed by atoms with Crippen molar-refractivity contribution in [1.29, 1.82) is 0 Å². The van der Waals surface area contributed by atoms with Crippen LogP contribution in [0.2, 0.25) is 0 Å². The molecule has 0 aliphatic heterocycles. The minimum Gasteiger partial charge on any atom is -0.358 e. The molecule has 0 radical (unpaired) electrons. The molecule has 1 unspecified atom stereocenters. The van der Waals surface area contributed by atoms with Crippen molar-refractivity contribution >= 4 is 5.69 Å². The van der Waals surface area contributed by atoms with E-state index in [1.807, 2.05) is 0 Å².